The van der Waals surface area contributed by atoms with Gasteiger partial charge in [0.25, 0.3) is 0 Å². The third-order valence-electron chi connectivity index (χ3n) is 5.21. The lowest BCUT2D eigenvalue weighted by atomic mass is 9.48. The number of hydrogen-bond acceptors (Lipinski definition) is 2. The first kappa shape index (κ1) is 10.4. The molecule has 88 valence electrons. The molecule has 0 heterocycles. The number of carbonyl (C=O) groups is 1. The summed E-state index contributed by atoms with van der Waals surface area (Å²) in [6.45, 7) is 2.00. The van der Waals surface area contributed by atoms with E-state index < -0.39 is 5.97 Å². The van der Waals surface area contributed by atoms with Crippen molar-refractivity contribution >= 4 is 5.97 Å². The summed E-state index contributed by atoms with van der Waals surface area (Å²) >= 11 is 0. The molecule has 2 nitrogen and oxygen atoms in total. The van der Waals surface area contributed by atoms with Crippen molar-refractivity contribution in [2.75, 3.05) is 0 Å². The second-order valence-corrected chi connectivity index (χ2v) is 6.34. The molecule has 0 aromatic carbocycles. The van der Waals surface area contributed by atoms with Crippen molar-refractivity contribution in [3.05, 3.63) is 11.6 Å². The van der Waals surface area contributed by atoms with E-state index in [2.05, 4.69) is 0 Å². The second kappa shape index (κ2) is 3.35. The largest absolute Gasteiger partial charge is 0.545 e. The van der Waals surface area contributed by atoms with E-state index in [9.17, 15) is 9.90 Å². The van der Waals surface area contributed by atoms with Crippen molar-refractivity contribution < 1.29 is 9.90 Å². The number of carbonyl (C=O) groups excluding carboxylic acids is 1. The van der Waals surface area contributed by atoms with E-state index in [4.69, 9.17) is 0 Å². The summed E-state index contributed by atoms with van der Waals surface area (Å²) in [5.74, 6) is 1.59. The highest BCUT2D eigenvalue weighted by Crippen LogP contribution is 2.62. The summed E-state index contributed by atoms with van der Waals surface area (Å²) in [5.41, 5.74) is 1.31. The smallest absolute Gasteiger partial charge is 0.0642 e. The molecule has 0 aromatic rings. The Bertz CT molecular complexity index is 318. The number of hydrogen-bond donors (Lipinski definition) is 0. The second-order valence-electron chi connectivity index (χ2n) is 6.34. The Balaban J connectivity index is 1.91. The van der Waals surface area contributed by atoms with E-state index in [-0.39, 0.29) is 5.41 Å². The lowest BCUT2D eigenvalue weighted by Crippen LogP contribution is -2.46. The number of carboxylic acid groups (broad SMARTS) is 1. The predicted octanol–water partition coefficient (Wildman–Crippen LogP) is 1.90. The quantitative estimate of drug-likeness (QED) is 0.665. The minimum atomic E-state index is -1.02. The Morgan fingerprint density at radius 2 is 1.56 bits per heavy atom. The van der Waals surface area contributed by atoms with Gasteiger partial charge in [-0.1, -0.05) is 5.57 Å². The SMILES string of the molecule is C/C(=C\C(=O)[O-])C12CC3CC(CC(C3)C1)C2. The Morgan fingerprint density at radius 1 is 1.12 bits per heavy atom. The van der Waals surface area contributed by atoms with Gasteiger partial charge in [0.2, 0.25) is 0 Å². The lowest BCUT2D eigenvalue weighted by molar-refractivity contribution is -0.297. The van der Waals surface area contributed by atoms with Crippen LogP contribution in [0.5, 0.6) is 0 Å². The molecule has 4 bridgehead atoms. The Labute approximate surface area is 96.7 Å². The molecule has 16 heavy (non-hydrogen) atoms. The van der Waals surface area contributed by atoms with E-state index in [1.807, 2.05) is 6.92 Å². The van der Waals surface area contributed by atoms with Crippen molar-refractivity contribution in [1.82, 2.24) is 0 Å². The molecule has 4 aliphatic carbocycles. The van der Waals surface area contributed by atoms with Crippen LogP contribution in [0.25, 0.3) is 0 Å². The fraction of sp³-hybridized carbons (Fsp3) is 0.786. The molecule has 0 aliphatic heterocycles. The summed E-state index contributed by atoms with van der Waals surface area (Å²) < 4.78 is 0. The fourth-order valence-corrected chi connectivity index (χ4v) is 4.92. The molecular weight excluding hydrogens is 200 g/mol. The highest BCUT2D eigenvalue weighted by molar-refractivity contribution is 5.78. The molecule has 0 saturated heterocycles. The maximum absolute atomic E-state index is 10.7. The highest BCUT2D eigenvalue weighted by Gasteiger charge is 2.51. The molecule has 0 radical (unpaired) electrons. The van der Waals surface area contributed by atoms with Crippen LogP contribution >= 0.6 is 0 Å². The van der Waals surface area contributed by atoms with Gasteiger partial charge in [-0.3, -0.25) is 0 Å². The van der Waals surface area contributed by atoms with Gasteiger partial charge in [0, 0.05) is 0 Å². The molecule has 4 rings (SSSR count). The predicted molar refractivity (Wildman–Crippen MR) is 59.4 cm³/mol. The zero-order valence-electron chi connectivity index (χ0n) is 9.87. The van der Waals surface area contributed by atoms with Crippen molar-refractivity contribution in [2.24, 2.45) is 23.2 Å². The molecular formula is C14H19O2-. The van der Waals surface area contributed by atoms with Crippen LogP contribution in [0, 0.1) is 23.2 Å². The van der Waals surface area contributed by atoms with Crippen LogP contribution in [0.2, 0.25) is 0 Å². The highest BCUT2D eigenvalue weighted by atomic mass is 16.4. The van der Waals surface area contributed by atoms with Crippen molar-refractivity contribution in [3.8, 4) is 0 Å². The maximum Gasteiger partial charge on any atom is 0.0642 e. The Hall–Kier alpha value is -0.790. The summed E-state index contributed by atoms with van der Waals surface area (Å²) in [4.78, 5) is 10.7. The monoisotopic (exact) mass is 219 g/mol. The molecule has 2 heteroatoms. The van der Waals surface area contributed by atoms with Gasteiger partial charge in [0.1, 0.15) is 0 Å². The van der Waals surface area contributed by atoms with Crippen LogP contribution in [-0.2, 0) is 4.79 Å². The van der Waals surface area contributed by atoms with Gasteiger partial charge in [-0.05, 0) is 74.7 Å². The van der Waals surface area contributed by atoms with Gasteiger partial charge >= 0.3 is 0 Å². The van der Waals surface area contributed by atoms with E-state index in [1.165, 1.54) is 44.6 Å². The van der Waals surface area contributed by atoms with Gasteiger partial charge in [-0.25, -0.2) is 0 Å². The van der Waals surface area contributed by atoms with Crippen molar-refractivity contribution in [3.63, 3.8) is 0 Å². The standard InChI is InChI=1S/C14H20O2/c1-9(2-13(15)16)14-6-10-3-11(7-14)5-12(4-10)8-14/h2,10-12H,3-8H2,1H3,(H,15,16)/p-1/b9-2+. The molecule has 4 saturated carbocycles. The minimum absolute atomic E-state index is 0.231. The normalized spacial score (nSPS) is 46.1. The average Bonchev–Trinajstić information content (AvgIpc) is 2.13. The van der Waals surface area contributed by atoms with E-state index in [0.717, 1.165) is 23.3 Å². The zero-order valence-corrected chi connectivity index (χ0v) is 9.87. The molecule has 0 spiro atoms. The molecule has 0 amide bonds. The van der Waals surface area contributed by atoms with Crippen molar-refractivity contribution in [1.29, 1.82) is 0 Å². The van der Waals surface area contributed by atoms with Crippen LogP contribution in [-0.4, -0.2) is 5.97 Å². The minimum Gasteiger partial charge on any atom is -0.545 e. The van der Waals surface area contributed by atoms with E-state index >= 15 is 0 Å². The molecule has 0 unspecified atom stereocenters. The topological polar surface area (TPSA) is 40.1 Å². The summed E-state index contributed by atoms with van der Waals surface area (Å²) in [7, 11) is 0. The number of allylic oxidation sites excluding steroid dienone is 1. The molecule has 0 atom stereocenters. The first-order valence-corrected chi connectivity index (χ1v) is 6.47. The van der Waals surface area contributed by atoms with Crippen LogP contribution in [0.15, 0.2) is 11.6 Å². The van der Waals surface area contributed by atoms with Gasteiger partial charge in [0.05, 0.1) is 5.97 Å². The van der Waals surface area contributed by atoms with E-state index in [0.29, 0.717) is 0 Å². The summed E-state index contributed by atoms with van der Waals surface area (Å²) in [6, 6.07) is 0. The number of carboxylic acids is 1. The molecule has 0 aromatic heterocycles. The average molecular weight is 219 g/mol. The first-order valence-electron chi connectivity index (χ1n) is 6.47. The zero-order chi connectivity index (χ0) is 11.3. The third kappa shape index (κ3) is 1.50. The van der Waals surface area contributed by atoms with Gasteiger partial charge in [-0.2, -0.15) is 0 Å². The van der Waals surface area contributed by atoms with Crippen LogP contribution in [0.4, 0.5) is 0 Å². The van der Waals surface area contributed by atoms with Crippen LogP contribution < -0.4 is 5.11 Å². The molecule has 4 fully saturated rings. The van der Waals surface area contributed by atoms with E-state index in [1.54, 1.807) is 0 Å². The third-order valence-corrected chi connectivity index (χ3v) is 5.21. The molecule has 4 aliphatic rings. The fourth-order valence-electron chi connectivity index (χ4n) is 4.92. The first-order chi connectivity index (χ1) is 7.57. The molecule has 0 N–H and O–H groups in total. The number of rotatable bonds is 2. The maximum atomic E-state index is 10.7. The van der Waals surface area contributed by atoms with Gasteiger partial charge in [0.15, 0.2) is 0 Å². The number of aliphatic carboxylic acids is 1. The van der Waals surface area contributed by atoms with Crippen LogP contribution in [0.3, 0.4) is 0 Å². The Morgan fingerprint density at radius 3 is 1.94 bits per heavy atom. The lowest BCUT2D eigenvalue weighted by Gasteiger charge is -2.57. The Kier molecular flexibility index (Phi) is 2.17. The van der Waals surface area contributed by atoms with Gasteiger partial charge in [-0.15, -0.1) is 0 Å². The van der Waals surface area contributed by atoms with Crippen molar-refractivity contribution in [2.45, 2.75) is 45.4 Å². The summed E-state index contributed by atoms with van der Waals surface area (Å²) in [6.07, 6.45) is 9.25. The summed E-state index contributed by atoms with van der Waals surface area (Å²) in [5, 5.41) is 10.7. The van der Waals surface area contributed by atoms with Gasteiger partial charge < -0.3 is 9.90 Å². The van der Waals surface area contributed by atoms with Crippen LogP contribution in [0.1, 0.15) is 45.4 Å².